The highest BCUT2D eigenvalue weighted by molar-refractivity contribution is 7.98. The van der Waals surface area contributed by atoms with Gasteiger partial charge in [0.1, 0.15) is 51.2 Å². The summed E-state index contributed by atoms with van der Waals surface area (Å²) in [5.41, 5.74) is 19.0. The number of hydrogen-bond acceptors (Lipinski definition) is 23. The maximum atomic E-state index is 14.2. The number of carboxylic acids is 1. The number of anilines is 7. The van der Waals surface area contributed by atoms with Crippen LogP contribution in [-0.2, 0) is 0 Å². The quantitative estimate of drug-likeness (QED) is 0.0415. The summed E-state index contributed by atoms with van der Waals surface area (Å²) in [7, 11) is 3.75. The molecule has 3 aromatic carbocycles. The number of amides is 2. The number of carboxylic acid groups (broad SMARTS) is 1. The van der Waals surface area contributed by atoms with Crippen LogP contribution in [0.15, 0.2) is 121 Å². The molecule has 0 unspecified atom stereocenters. The van der Waals surface area contributed by atoms with Crippen molar-refractivity contribution in [3.05, 3.63) is 145 Å². The molecule has 6 heterocycles. The molecule has 0 aliphatic heterocycles. The molecule has 0 bridgehead atoms. The van der Waals surface area contributed by atoms with Crippen molar-refractivity contribution < 1.29 is 32.7 Å². The van der Waals surface area contributed by atoms with Gasteiger partial charge in [-0.25, -0.2) is 42.9 Å². The molecular weight excluding hydrogens is 1100 g/mol. The number of nitrogens with zero attached hydrogens (tertiary/aromatic N) is 15. The van der Waals surface area contributed by atoms with E-state index < -0.39 is 35.2 Å². The second-order valence-electron chi connectivity index (χ2n) is 16.8. The number of halogens is 3. The minimum Gasteiger partial charge on any atom is -0.477 e. The van der Waals surface area contributed by atoms with Crippen LogP contribution in [0.25, 0.3) is 17.1 Å². The van der Waals surface area contributed by atoms with E-state index in [0.29, 0.717) is 33.3 Å². The van der Waals surface area contributed by atoms with Gasteiger partial charge in [-0.2, -0.15) is 35.6 Å². The van der Waals surface area contributed by atoms with Crippen LogP contribution in [-0.4, -0.2) is 136 Å². The second kappa shape index (κ2) is 28.3. The molecule has 1 fully saturated rings. The zero-order valence-electron chi connectivity index (χ0n) is 43.4. The van der Waals surface area contributed by atoms with Crippen molar-refractivity contribution >= 4 is 81.8 Å². The molecule has 27 nitrogen and oxygen atoms in total. The Hall–Kier alpha value is -9.66. The lowest BCUT2D eigenvalue weighted by Gasteiger charge is -2.29. The third kappa shape index (κ3) is 15.8. The predicted molar refractivity (Wildman–Crippen MR) is 296 cm³/mol. The number of hydrogen-bond donors (Lipinski definition) is 9. The van der Waals surface area contributed by atoms with Gasteiger partial charge in [-0.3, -0.25) is 9.59 Å². The number of rotatable bonds is 16. The number of primary amides is 2. The smallest absolute Gasteiger partial charge is 0.341 e. The first-order valence-electron chi connectivity index (χ1n) is 24.0. The van der Waals surface area contributed by atoms with E-state index in [1.165, 1.54) is 134 Å². The first kappa shape index (κ1) is 59.0. The fraction of sp³-hybridized carbons (Fsp3) is 0.204. The molecule has 1 aliphatic rings. The van der Waals surface area contributed by atoms with Gasteiger partial charge in [-0.05, 0) is 94.0 Å². The lowest BCUT2D eigenvalue weighted by Crippen LogP contribution is -2.43. The van der Waals surface area contributed by atoms with Gasteiger partial charge in [0.15, 0.2) is 27.8 Å². The van der Waals surface area contributed by atoms with Crippen LogP contribution in [0.2, 0.25) is 0 Å². The summed E-state index contributed by atoms with van der Waals surface area (Å²) in [4.78, 5) is 63.1. The van der Waals surface area contributed by atoms with Crippen LogP contribution in [0.5, 0.6) is 0 Å². The van der Waals surface area contributed by atoms with Crippen LogP contribution in [0, 0.1) is 17.5 Å². The van der Waals surface area contributed by atoms with Crippen LogP contribution >= 0.6 is 23.5 Å². The molecule has 0 radical (unpaired) electrons. The molecule has 6 aromatic heterocycles. The van der Waals surface area contributed by atoms with Crippen molar-refractivity contribution in [3.8, 4) is 17.1 Å². The van der Waals surface area contributed by atoms with Gasteiger partial charge in [-0.1, -0.05) is 36.4 Å². The lowest BCUT2D eigenvalue weighted by molar-refractivity contribution is 0.0696. The Morgan fingerprint density at radius 2 is 0.926 bits per heavy atom. The summed E-state index contributed by atoms with van der Waals surface area (Å²) < 4.78 is 42.1. The Kier molecular flexibility index (Phi) is 20.6. The van der Waals surface area contributed by atoms with E-state index in [1.54, 1.807) is 6.26 Å². The van der Waals surface area contributed by atoms with Crippen molar-refractivity contribution in [1.82, 2.24) is 80.2 Å². The highest BCUT2D eigenvalue weighted by Gasteiger charge is 2.24. The van der Waals surface area contributed by atoms with Gasteiger partial charge in [0.2, 0.25) is 5.95 Å². The number of thioether (sulfide) groups is 2. The molecule has 9 aromatic rings. The Bertz CT molecular complexity index is 3420. The first-order chi connectivity index (χ1) is 39.1. The van der Waals surface area contributed by atoms with E-state index in [0.717, 1.165) is 40.1 Å². The molecule has 10 rings (SSSR count). The molecule has 1 saturated carbocycles. The van der Waals surface area contributed by atoms with Crippen molar-refractivity contribution in [2.24, 2.45) is 17.2 Å². The molecule has 12 N–H and O–H groups in total. The summed E-state index contributed by atoms with van der Waals surface area (Å²) in [6, 6.07) is 12.8. The molecule has 1 aliphatic carbocycles. The minimum absolute atomic E-state index is 0.0100. The second-order valence-corrected chi connectivity index (χ2v) is 18.3. The number of benzene rings is 3. The highest BCUT2D eigenvalue weighted by Crippen LogP contribution is 2.28. The number of carbonyl (C=O) groups is 3. The summed E-state index contributed by atoms with van der Waals surface area (Å²) in [6.07, 6.45) is 20.2. The van der Waals surface area contributed by atoms with Gasteiger partial charge in [-0.15, -0.1) is 14.4 Å². The fourth-order valence-corrected chi connectivity index (χ4v) is 8.03. The van der Waals surface area contributed by atoms with E-state index in [-0.39, 0.29) is 63.3 Å². The maximum absolute atomic E-state index is 14.2. The third-order valence-corrected chi connectivity index (χ3v) is 12.2. The third-order valence-electron chi connectivity index (χ3n) is 11.1. The number of aromatic nitrogens is 15. The molecule has 0 saturated heterocycles. The lowest BCUT2D eigenvalue weighted by atomic mass is 9.91. The summed E-state index contributed by atoms with van der Waals surface area (Å²) in [5.74, 6) is -3.11. The van der Waals surface area contributed by atoms with Gasteiger partial charge in [0.25, 0.3) is 11.8 Å². The maximum Gasteiger partial charge on any atom is 0.341 e. The van der Waals surface area contributed by atoms with E-state index in [2.05, 4.69) is 87.1 Å². The van der Waals surface area contributed by atoms with Crippen molar-refractivity contribution in [3.63, 3.8) is 0 Å². The summed E-state index contributed by atoms with van der Waals surface area (Å²) >= 11 is 2.60. The molecule has 420 valence electrons. The number of nitrogens with one attached hydrogen (secondary N) is 5. The van der Waals surface area contributed by atoms with E-state index in [4.69, 9.17) is 17.2 Å². The number of nitrogens with two attached hydrogens (primary N) is 3. The monoisotopic (exact) mass is 1150 g/mol. The zero-order chi connectivity index (χ0) is 58.0. The van der Waals surface area contributed by atoms with Crippen LogP contribution in [0.3, 0.4) is 0 Å². The normalized spacial score (nSPS) is 13.4. The fourth-order valence-electron chi connectivity index (χ4n) is 7.35. The molecule has 2 amide bonds. The first-order valence-corrected chi connectivity index (χ1v) is 26.5. The minimum atomic E-state index is -1.17. The Labute approximate surface area is 467 Å². The molecule has 2 atom stereocenters. The Morgan fingerprint density at radius 1 is 0.568 bits per heavy atom. The number of aromatic carboxylic acids is 1. The molecule has 32 heteroatoms. The summed E-state index contributed by atoms with van der Waals surface area (Å²) in [6.45, 7) is 0. The Balaban J connectivity index is 0.000000172. The van der Waals surface area contributed by atoms with Gasteiger partial charge in [0.05, 0.1) is 37.2 Å². The van der Waals surface area contributed by atoms with E-state index in [1.807, 2.05) is 20.4 Å². The highest BCUT2D eigenvalue weighted by atomic mass is 32.2. The largest absolute Gasteiger partial charge is 0.477 e. The van der Waals surface area contributed by atoms with E-state index in [9.17, 15) is 32.7 Å². The number of carbonyl (C=O) groups excluding carboxylic acids is 2. The average molecular weight is 1150 g/mol. The standard InChI is InChI=1S/C19H22FN9O.C14H12FN7OS.C14H11FN6O2S.C2H7N/c20-13-6-5-11(9-16(13)29-24-7-8-25-29)26-18-12(17(22)30)10-23-19(28-18)27-15-4-2-1-3-14(15)21;1-24-14-17-7-9(12(16)23)13(21-14)20-8-2-3-10(15)11(6-8)22-18-4-5-19-22;1-24-14-16-7-9(13(22)23)12(20-14)19-8-2-3-10(15)11(6-8)21-17-4-5-18-21;1-3-2/h5-10,14-15H,1-4,21H2,(H2,22,30)(H2,23,26,27,28);2-7H,1H3,(H2,16,23)(H,17,20,21);2-7H,1H3,(H,22,23)(H,16,19,20);3H,1-2H3/t14-,15+;;;/m0.../s1. The van der Waals surface area contributed by atoms with E-state index >= 15 is 0 Å². The molecule has 0 spiro atoms. The van der Waals surface area contributed by atoms with Gasteiger partial charge < -0.3 is 48.9 Å². The van der Waals surface area contributed by atoms with Crippen molar-refractivity contribution in [2.75, 3.05) is 47.9 Å². The van der Waals surface area contributed by atoms with Gasteiger partial charge in [0, 0.05) is 47.7 Å². The van der Waals surface area contributed by atoms with Crippen molar-refractivity contribution in [2.45, 2.75) is 48.1 Å². The van der Waals surface area contributed by atoms with Crippen molar-refractivity contribution in [1.29, 1.82) is 0 Å². The topological polar surface area (TPSA) is 379 Å². The van der Waals surface area contributed by atoms with Crippen LogP contribution in [0.4, 0.5) is 53.6 Å². The Morgan fingerprint density at radius 3 is 1.30 bits per heavy atom. The molecular formula is C49H52F3N23O4S2. The van der Waals surface area contributed by atoms with Gasteiger partial charge >= 0.3 is 5.97 Å². The SMILES string of the molecule is CNC.CSc1ncc(C(=O)O)c(Nc2ccc(F)c(-n3nccn3)c2)n1.CSc1ncc(C(N)=O)c(Nc2ccc(F)c(-n3nccn3)c2)n1.NC(=O)c1cnc(N[C@@H]2CCCC[C@@H]2N)nc1Nc1ccc(F)c(-n2nccn2)c1. The predicted octanol–water partition coefficient (Wildman–Crippen LogP) is 5.68. The van der Waals surface area contributed by atoms with Crippen LogP contribution < -0.4 is 43.8 Å². The summed E-state index contributed by atoms with van der Waals surface area (Å²) in [5, 5.41) is 48.4. The average Bonchev–Trinajstić information content (AvgIpc) is 4.31. The molecule has 81 heavy (non-hydrogen) atoms. The zero-order valence-corrected chi connectivity index (χ0v) is 45.1. The van der Waals surface area contributed by atoms with Crippen LogP contribution in [0.1, 0.15) is 56.8 Å².